The van der Waals surface area contributed by atoms with Gasteiger partial charge in [0.1, 0.15) is 0 Å². The molecule has 1 N–H and O–H groups in total. The molecule has 0 saturated carbocycles. The van der Waals surface area contributed by atoms with Gasteiger partial charge in [0.2, 0.25) is 11.8 Å². The van der Waals surface area contributed by atoms with Crippen molar-refractivity contribution in [1.82, 2.24) is 15.1 Å². The molecule has 0 aliphatic carbocycles. The van der Waals surface area contributed by atoms with Crippen molar-refractivity contribution in [2.45, 2.75) is 25.7 Å². The van der Waals surface area contributed by atoms with E-state index in [1.807, 2.05) is 9.80 Å². The van der Waals surface area contributed by atoms with Crippen molar-refractivity contribution in [2.75, 3.05) is 65.7 Å². The summed E-state index contributed by atoms with van der Waals surface area (Å²) in [6.45, 7) is 6.72. The number of amides is 2. The Bertz CT molecular complexity index is 435. The van der Waals surface area contributed by atoms with Crippen LogP contribution in [0.5, 0.6) is 0 Å². The van der Waals surface area contributed by atoms with E-state index in [1.165, 1.54) is 0 Å². The summed E-state index contributed by atoms with van der Waals surface area (Å²) in [7, 11) is 0. The minimum atomic E-state index is -0.589. The minimum absolute atomic E-state index is 0.0867. The first-order valence-electron chi connectivity index (χ1n) is 9.15. The summed E-state index contributed by atoms with van der Waals surface area (Å²) < 4.78 is 10.9. The highest BCUT2D eigenvalue weighted by Crippen LogP contribution is 2.33. The summed E-state index contributed by atoms with van der Waals surface area (Å²) in [5.41, 5.74) is -0.589. The monoisotopic (exact) mass is 339 g/mol. The maximum atomic E-state index is 13.2. The lowest BCUT2D eigenvalue weighted by molar-refractivity contribution is -0.147. The predicted octanol–water partition coefficient (Wildman–Crippen LogP) is -0.146. The van der Waals surface area contributed by atoms with Crippen molar-refractivity contribution < 1.29 is 19.1 Å². The molecule has 2 amide bonds. The molecule has 1 atom stereocenters. The van der Waals surface area contributed by atoms with Crippen molar-refractivity contribution in [2.24, 2.45) is 5.41 Å². The first-order chi connectivity index (χ1) is 11.7. The summed E-state index contributed by atoms with van der Waals surface area (Å²) in [5.74, 6) is 0.209. The van der Waals surface area contributed by atoms with E-state index >= 15 is 0 Å². The van der Waals surface area contributed by atoms with E-state index in [0.29, 0.717) is 52.5 Å². The zero-order valence-electron chi connectivity index (χ0n) is 14.4. The summed E-state index contributed by atoms with van der Waals surface area (Å²) in [6.07, 6.45) is 2.77. The Morgan fingerprint density at radius 1 is 0.917 bits per heavy atom. The van der Waals surface area contributed by atoms with E-state index in [2.05, 4.69) is 5.32 Å². The zero-order valence-corrected chi connectivity index (χ0v) is 14.4. The fourth-order valence-electron chi connectivity index (χ4n) is 3.83. The number of carbonyl (C=O) groups excluding carboxylic acids is 2. The minimum Gasteiger partial charge on any atom is -0.380 e. The molecule has 3 saturated heterocycles. The molecule has 3 rings (SSSR count). The molecular formula is C17H29N3O4. The van der Waals surface area contributed by atoms with E-state index in [9.17, 15) is 9.59 Å². The van der Waals surface area contributed by atoms with Gasteiger partial charge in [0, 0.05) is 52.4 Å². The molecule has 0 spiro atoms. The van der Waals surface area contributed by atoms with Gasteiger partial charge in [-0.1, -0.05) is 0 Å². The second kappa shape index (κ2) is 8.27. The van der Waals surface area contributed by atoms with Crippen LogP contribution < -0.4 is 5.32 Å². The number of nitrogens with zero attached hydrogens (tertiary/aromatic N) is 2. The molecule has 24 heavy (non-hydrogen) atoms. The van der Waals surface area contributed by atoms with E-state index in [1.54, 1.807) is 0 Å². The summed E-state index contributed by atoms with van der Waals surface area (Å²) in [4.78, 5) is 29.8. The predicted molar refractivity (Wildman–Crippen MR) is 88.6 cm³/mol. The highest BCUT2D eigenvalue weighted by Gasteiger charge is 2.45. The van der Waals surface area contributed by atoms with Crippen LogP contribution in [-0.2, 0) is 19.1 Å². The molecule has 1 unspecified atom stereocenters. The lowest BCUT2D eigenvalue weighted by Gasteiger charge is -2.34. The summed E-state index contributed by atoms with van der Waals surface area (Å²) in [5, 5.41) is 3.30. The van der Waals surface area contributed by atoms with Gasteiger partial charge in [0.05, 0.1) is 18.6 Å². The third-order valence-electron chi connectivity index (χ3n) is 5.27. The molecular weight excluding hydrogens is 310 g/mol. The topological polar surface area (TPSA) is 71.1 Å². The van der Waals surface area contributed by atoms with E-state index in [4.69, 9.17) is 9.47 Å². The number of nitrogens with one attached hydrogen (secondary N) is 1. The molecule has 0 bridgehead atoms. The van der Waals surface area contributed by atoms with Crippen molar-refractivity contribution in [3.05, 3.63) is 0 Å². The van der Waals surface area contributed by atoms with Crippen LogP contribution in [0.15, 0.2) is 0 Å². The molecule has 3 fully saturated rings. The summed E-state index contributed by atoms with van der Waals surface area (Å²) in [6, 6.07) is 0. The number of ether oxygens (including phenoxy) is 2. The average Bonchev–Trinajstić information content (AvgIpc) is 2.82. The number of carbonyl (C=O) groups is 2. The van der Waals surface area contributed by atoms with Gasteiger partial charge in [0.25, 0.3) is 0 Å². The van der Waals surface area contributed by atoms with Crippen LogP contribution in [0.25, 0.3) is 0 Å². The van der Waals surface area contributed by atoms with Gasteiger partial charge < -0.3 is 24.6 Å². The lowest BCUT2D eigenvalue weighted by atomic mass is 9.81. The van der Waals surface area contributed by atoms with Crippen LogP contribution in [0.3, 0.4) is 0 Å². The third-order valence-corrected chi connectivity index (χ3v) is 5.27. The molecule has 7 heteroatoms. The maximum absolute atomic E-state index is 13.2. The van der Waals surface area contributed by atoms with Crippen molar-refractivity contribution in [3.8, 4) is 0 Å². The second-order valence-electron chi connectivity index (χ2n) is 6.99. The first kappa shape index (κ1) is 17.6. The Hall–Kier alpha value is -1.18. The third kappa shape index (κ3) is 4.07. The maximum Gasteiger partial charge on any atom is 0.230 e. The van der Waals surface area contributed by atoms with Crippen LogP contribution in [0, 0.1) is 5.41 Å². The Morgan fingerprint density at radius 3 is 2.25 bits per heavy atom. The molecule has 0 aromatic carbocycles. The van der Waals surface area contributed by atoms with E-state index in [-0.39, 0.29) is 11.8 Å². The molecule has 3 aliphatic rings. The van der Waals surface area contributed by atoms with E-state index in [0.717, 1.165) is 38.9 Å². The normalized spacial score (nSPS) is 29.2. The highest BCUT2D eigenvalue weighted by atomic mass is 16.5. The first-order valence-corrected chi connectivity index (χ1v) is 9.15. The smallest absolute Gasteiger partial charge is 0.230 e. The molecule has 0 aromatic rings. The van der Waals surface area contributed by atoms with Gasteiger partial charge in [-0.05, 0) is 25.8 Å². The van der Waals surface area contributed by atoms with Crippen LogP contribution in [-0.4, -0.2) is 87.3 Å². The van der Waals surface area contributed by atoms with Crippen LogP contribution in [0.2, 0.25) is 0 Å². The second-order valence-corrected chi connectivity index (χ2v) is 6.99. The SMILES string of the molecule is O=C(CC1(C(=O)N2CCCOCC2)CCNC1)N1CCCOCC1. The Kier molecular flexibility index (Phi) is 6.08. The Morgan fingerprint density at radius 2 is 1.58 bits per heavy atom. The largest absolute Gasteiger partial charge is 0.380 e. The lowest BCUT2D eigenvalue weighted by Crippen LogP contribution is -2.49. The molecule has 3 heterocycles. The fraction of sp³-hybridized carbons (Fsp3) is 0.882. The molecule has 0 aromatic heterocycles. The number of hydrogen-bond donors (Lipinski definition) is 1. The fourth-order valence-corrected chi connectivity index (χ4v) is 3.83. The van der Waals surface area contributed by atoms with Gasteiger partial charge in [-0.25, -0.2) is 0 Å². The van der Waals surface area contributed by atoms with Crippen LogP contribution in [0.1, 0.15) is 25.7 Å². The highest BCUT2D eigenvalue weighted by molar-refractivity contribution is 5.89. The van der Waals surface area contributed by atoms with Crippen LogP contribution >= 0.6 is 0 Å². The average molecular weight is 339 g/mol. The summed E-state index contributed by atoms with van der Waals surface area (Å²) >= 11 is 0. The van der Waals surface area contributed by atoms with Gasteiger partial charge >= 0.3 is 0 Å². The van der Waals surface area contributed by atoms with Crippen LogP contribution in [0.4, 0.5) is 0 Å². The van der Waals surface area contributed by atoms with E-state index < -0.39 is 5.41 Å². The molecule has 3 aliphatic heterocycles. The Balaban J connectivity index is 1.67. The van der Waals surface area contributed by atoms with Gasteiger partial charge in [0.15, 0.2) is 0 Å². The van der Waals surface area contributed by atoms with Crippen molar-refractivity contribution in [3.63, 3.8) is 0 Å². The Labute approximate surface area is 143 Å². The molecule has 7 nitrogen and oxygen atoms in total. The van der Waals surface area contributed by atoms with Gasteiger partial charge in [-0.15, -0.1) is 0 Å². The zero-order chi connectivity index (χ0) is 16.8. The number of rotatable bonds is 3. The standard InChI is InChI=1S/C17H29N3O4/c21-15(19-5-1-9-23-11-7-19)13-17(3-4-18-14-17)16(22)20-6-2-10-24-12-8-20/h18H,1-14H2. The van der Waals surface area contributed by atoms with Crippen molar-refractivity contribution >= 4 is 11.8 Å². The van der Waals surface area contributed by atoms with Crippen molar-refractivity contribution in [1.29, 1.82) is 0 Å². The molecule has 136 valence electrons. The molecule has 0 radical (unpaired) electrons. The van der Waals surface area contributed by atoms with Gasteiger partial charge in [-0.3, -0.25) is 9.59 Å². The quantitative estimate of drug-likeness (QED) is 0.775. The number of hydrogen-bond acceptors (Lipinski definition) is 5. The van der Waals surface area contributed by atoms with Gasteiger partial charge in [-0.2, -0.15) is 0 Å².